The first-order valence-corrected chi connectivity index (χ1v) is 14.4. The molecule has 0 aromatic carbocycles. The van der Waals surface area contributed by atoms with Crippen molar-refractivity contribution in [3.63, 3.8) is 0 Å². The molecule has 0 spiro atoms. The number of Topliss-reactive ketones (excluding diaryl/α,β-unsaturated/α-hetero) is 2. The summed E-state index contributed by atoms with van der Waals surface area (Å²) < 4.78 is 33.7. The highest BCUT2D eigenvalue weighted by atomic mass is 19.3. The topological polar surface area (TPSA) is 80.7 Å². The van der Waals surface area contributed by atoms with Gasteiger partial charge in [0.15, 0.2) is 0 Å². The molecular formula is C29H50F2O5. The van der Waals surface area contributed by atoms with Crippen molar-refractivity contribution in [1.82, 2.24) is 0 Å². The third-order valence-electron chi connectivity index (χ3n) is 7.31. The van der Waals surface area contributed by atoms with Gasteiger partial charge in [0, 0.05) is 31.6 Å². The van der Waals surface area contributed by atoms with E-state index < -0.39 is 30.1 Å². The molecule has 1 saturated carbocycles. The molecule has 7 heteroatoms. The Labute approximate surface area is 217 Å². The molecule has 3 atom stereocenters. The Kier molecular flexibility index (Phi) is 16.3. The maximum Gasteiger partial charge on any atom is 0.306 e. The van der Waals surface area contributed by atoms with Gasteiger partial charge in [0.05, 0.1) is 12.2 Å². The first-order valence-electron chi connectivity index (χ1n) is 14.4. The maximum absolute atomic E-state index is 14.3. The van der Waals surface area contributed by atoms with Gasteiger partial charge in [-0.05, 0) is 45.4 Å². The highest BCUT2D eigenvalue weighted by Crippen LogP contribution is 2.37. The molecule has 210 valence electrons. The Morgan fingerprint density at radius 2 is 1.50 bits per heavy atom. The minimum absolute atomic E-state index is 0.0116. The number of alkyl halides is 2. The zero-order chi connectivity index (χ0) is 27.0. The second-order valence-electron chi connectivity index (χ2n) is 10.9. The molecule has 1 rings (SSSR count). The van der Waals surface area contributed by atoms with Crippen molar-refractivity contribution in [3.05, 3.63) is 0 Å². The summed E-state index contributed by atoms with van der Waals surface area (Å²) in [5.41, 5.74) is 0. The molecule has 0 saturated heterocycles. The van der Waals surface area contributed by atoms with Crippen LogP contribution in [0.1, 0.15) is 136 Å². The number of hydrogen-bond acceptors (Lipinski definition) is 5. The molecule has 1 N–H and O–H groups in total. The molecule has 0 amide bonds. The molecule has 1 aliphatic rings. The molecule has 0 heterocycles. The van der Waals surface area contributed by atoms with E-state index in [4.69, 9.17) is 4.74 Å². The average molecular weight is 517 g/mol. The number of aliphatic hydroxyl groups is 1. The van der Waals surface area contributed by atoms with E-state index in [1.54, 1.807) is 0 Å². The van der Waals surface area contributed by atoms with Crippen LogP contribution in [0.5, 0.6) is 0 Å². The van der Waals surface area contributed by atoms with Gasteiger partial charge >= 0.3 is 11.9 Å². The summed E-state index contributed by atoms with van der Waals surface area (Å²) in [5, 5.41) is 10.3. The molecule has 0 unspecified atom stereocenters. The molecule has 0 aliphatic heterocycles. The lowest BCUT2D eigenvalue weighted by Gasteiger charge is -2.22. The highest BCUT2D eigenvalue weighted by Gasteiger charge is 2.43. The molecule has 0 aromatic heterocycles. The molecule has 1 fully saturated rings. The Morgan fingerprint density at radius 3 is 2.14 bits per heavy atom. The fourth-order valence-corrected chi connectivity index (χ4v) is 5.19. The average Bonchev–Trinajstić information content (AvgIpc) is 3.07. The predicted octanol–water partition coefficient (Wildman–Crippen LogP) is 7.36. The highest BCUT2D eigenvalue weighted by molar-refractivity contribution is 5.86. The smallest absolute Gasteiger partial charge is 0.306 e. The summed E-state index contributed by atoms with van der Waals surface area (Å²) in [5.74, 6) is -5.29. The number of carbonyl (C=O) groups is 3. The van der Waals surface area contributed by atoms with Crippen molar-refractivity contribution in [1.29, 1.82) is 0 Å². The zero-order valence-corrected chi connectivity index (χ0v) is 22.9. The number of rotatable bonds is 21. The normalized spacial score (nSPS) is 20.3. The van der Waals surface area contributed by atoms with E-state index in [0.717, 1.165) is 64.2 Å². The molecule has 1 aliphatic carbocycles. The second-order valence-corrected chi connectivity index (χ2v) is 10.9. The van der Waals surface area contributed by atoms with Gasteiger partial charge in [-0.2, -0.15) is 8.78 Å². The summed E-state index contributed by atoms with van der Waals surface area (Å²) in [6, 6.07) is 0. The van der Waals surface area contributed by atoms with Crippen molar-refractivity contribution in [3.8, 4) is 0 Å². The van der Waals surface area contributed by atoms with Gasteiger partial charge in [0.2, 0.25) is 5.78 Å². The lowest BCUT2D eigenvalue weighted by atomic mass is 9.85. The SMILES string of the molecule is CCCCCCCCC(F)(F)C(=O)CC[C@H]1[C@H](O)CC(=O)[C@@H]1CCCCCCCCC(=O)OC(C)C. The molecule has 36 heavy (non-hydrogen) atoms. The minimum Gasteiger partial charge on any atom is -0.463 e. The van der Waals surface area contributed by atoms with Gasteiger partial charge in [-0.3, -0.25) is 14.4 Å². The largest absolute Gasteiger partial charge is 0.463 e. The van der Waals surface area contributed by atoms with Crippen molar-refractivity contribution >= 4 is 17.5 Å². The second kappa shape index (κ2) is 18.0. The summed E-state index contributed by atoms with van der Waals surface area (Å²) in [6.07, 6.45) is 10.4. The summed E-state index contributed by atoms with van der Waals surface area (Å²) in [7, 11) is 0. The van der Waals surface area contributed by atoms with E-state index in [2.05, 4.69) is 6.92 Å². The maximum atomic E-state index is 14.3. The Balaban J connectivity index is 2.29. The molecule has 0 bridgehead atoms. The van der Waals surface area contributed by atoms with E-state index in [9.17, 15) is 28.3 Å². The van der Waals surface area contributed by atoms with E-state index in [-0.39, 0.29) is 43.0 Å². The number of hydrogen-bond donors (Lipinski definition) is 1. The van der Waals surface area contributed by atoms with Crippen molar-refractivity contribution < 1.29 is 33.0 Å². The summed E-state index contributed by atoms with van der Waals surface area (Å²) in [6.45, 7) is 5.77. The zero-order valence-electron chi connectivity index (χ0n) is 22.9. The van der Waals surface area contributed by atoms with Crippen LogP contribution < -0.4 is 0 Å². The number of carbonyl (C=O) groups excluding carboxylic acids is 3. The summed E-state index contributed by atoms with van der Waals surface area (Å²) >= 11 is 0. The molecular weight excluding hydrogens is 466 g/mol. The minimum atomic E-state index is -3.32. The Morgan fingerprint density at radius 1 is 0.917 bits per heavy atom. The van der Waals surface area contributed by atoms with Crippen LogP contribution in [-0.4, -0.2) is 40.8 Å². The van der Waals surface area contributed by atoms with Crippen molar-refractivity contribution in [2.45, 2.75) is 154 Å². The van der Waals surface area contributed by atoms with E-state index >= 15 is 0 Å². The van der Waals surface area contributed by atoms with Crippen LogP contribution in [0.25, 0.3) is 0 Å². The van der Waals surface area contributed by atoms with E-state index in [1.165, 1.54) is 0 Å². The number of ether oxygens (including phenoxy) is 1. The van der Waals surface area contributed by atoms with Crippen LogP contribution in [0.3, 0.4) is 0 Å². The van der Waals surface area contributed by atoms with Crippen LogP contribution >= 0.6 is 0 Å². The van der Waals surface area contributed by atoms with E-state index in [1.807, 2.05) is 13.8 Å². The van der Waals surface area contributed by atoms with Gasteiger partial charge in [-0.25, -0.2) is 0 Å². The standard InChI is InChI=1S/C29H50F2O5/c1-4-5-6-7-12-15-20-29(30,31)27(34)19-18-24-23(25(32)21-26(24)33)16-13-10-8-9-11-14-17-28(35)36-22(2)3/h22-24,26,33H,4-21H2,1-3H3/t23-,24-,26-/m1/s1. The first-order chi connectivity index (χ1) is 17.1. The third-order valence-corrected chi connectivity index (χ3v) is 7.31. The summed E-state index contributed by atoms with van der Waals surface area (Å²) in [4.78, 5) is 36.1. The van der Waals surface area contributed by atoms with Gasteiger partial charge in [0.25, 0.3) is 0 Å². The fraction of sp³-hybridized carbons (Fsp3) is 0.897. The third kappa shape index (κ3) is 13.3. The number of esters is 1. The van der Waals surface area contributed by atoms with Crippen LogP contribution in [-0.2, 0) is 19.1 Å². The number of halogens is 2. The van der Waals surface area contributed by atoms with Crippen LogP contribution in [0.2, 0.25) is 0 Å². The van der Waals surface area contributed by atoms with Crippen LogP contribution in [0, 0.1) is 11.8 Å². The van der Waals surface area contributed by atoms with Crippen molar-refractivity contribution in [2.24, 2.45) is 11.8 Å². The number of unbranched alkanes of at least 4 members (excludes halogenated alkanes) is 10. The van der Waals surface area contributed by atoms with Gasteiger partial charge in [-0.1, -0.05) is 71.1 Å². The van der Waals surface area contributed by atoms with Gasteiger partial charge in [0.1, 0.15) is 5.78 Å². The predicted molar refractivity (Wildman–Crippen MR) is 138 cm³/mol. The lowest BCUT2D eigenvalue weighted by Crippen LogP contribution is -2.30. The number of ketones is 2. The quantitative estimate of drug-likeness (QED) is 0.127. The fourth-order valence-electron chi connectivity index (χ4n) is 5.19. The van der Waals surface area contributed by atoms with Crippen LogP contribution in [0.4, 0.5) is 8.78 Å². The van der Waals surface area contributed by atoms with Crippen molar-refractivity contribution in [2.75, 3.05) is 0 Å². The Bertz CT molecular complexity index is 650. The molecule has 0 radical (unpaired) electrons. The van der Waals surface area contributed by atoms with E-state index in [0.29, 0.717) is 25.7 Å². The van der Waals surface area contributed by atoms with Crippen LogP contribution in [0.15, 0.2) is 0 Å². The molecule has 0 aromatic rings. The van der Waals surface area contributed by atoms with Gasteiger partial charge in [-0.15, -0.1) is 0 Å². The molecule has 5 nitrogen and oxygen atoms in total. The number of aliphatic hydroxyl groups excluding tert-OH is 1. The van der Waals surface area contributed by atoms with Gasteiger partial charge < -0.3 is 9.84 Å². The monoisotopic (exact) mass is 516 g/mol. The Hall–Kier alpha value is -1.37. The lowest BCUT2D eigenvalue weighted by molar-refractivity contribution is -0.147. The first kappa shape index (κ1) is 32.7.